The molecule has 1 saturated carbocycles. The van der Waals surface area contributed by atoms with Gasteiger partial charge in [-0.1, -0.05) is 29.8 Å². The van der Waals surface area contributed by atoms with Gasteiger partial charge in [-0.25, -0.2) is 4.39 Å². The molecule has 1 saturated heterocycles. The maximum Gasteiger partial charge on any atom is 0.269 e. The van der Waals surface area contributed by atoms with E-state index in [1.807, 2.05) is 0 Å². The van der Waals surface area contributed by atoms with Gasteiger partial charge in [0.25, 0.3) is 5.91 Å². The number of nitrogens with two attached hydrogens (primary N) is 1. The highest BCUT2D eigenvalue weighted by Crippen LogP contribution is 2.42. The van der Waals surface area contributed by atoms with E-state index in [2.05, 4.69) is 15.4 Å². The molecule has 3 amide bonds. The van der Waals surface area contributed by atoms with Crippen LogP contribution in [0.4, 0.5) is 4.39 Å². The lowest BCUT2D eigenvalue weighted by atomic mass is 9.97. The highest BCUT2D eigenvalue weighted by Gasteiger charge is 2.51. The Hall–Kier alpha value is -3.92. The number of carbonyl (C=O) groups excluding carboxylic acids is 3. The highest BCUT2D eigenvalue weighted by atomic mass is 35.5. The second kappa shape index (κ2) is 8.88. The second-order valence-corrected chi connectivity index (χ2v) is 10.1. The maximum atomic E-state index is 14.6. The molecule has 2 aliphatic rings. The van der Waals surface area contributed by atoms with Gasteiger partial charge in [0, 0.05) is 40.6 Å². The van der Waals surface area contributed by atoms with Crippen molar-refractivity contribution < 1.29 is 18.8 Å². The minimum Gasteiger partial charge on any atom is -0.364 e. The summed E-state index contributed by atoms with van der Waals surface area (Å²) in [6.45, 7) is -0.151. The molecule has 6 rings (SSSR count). The van der Waals surface area contributed by atoms with E-state index in [0.29, 0.717) is 32.4 Å². The zero-order chi connectivity index (χ0) is 25.8. The third kappa shape index (κ3) is 3.92. The van der Waals surface area contributed by atoms with Crippen molar-refractivity contribution in [3.8, 4) is 0 Å². The summed E-state index contributed by atoms with van der Waals surface area (Å²) in [6.07, 6.45) is 4.00. The normalized spacial score (nSPS) is 20.7. The molecule has 2 bridgehead atoms. The quantitative estimate of drug-likeness (QED) is 0.359. The molecule has 11 heteroatoms. The number of aromatic nitrogens is 3. The molecule has 3 atom stereocenters. The predicted molar refractivity (Wildman–Crippen MR) is 135 cm³/mol. The number of nitrogens with one attached hydrogen (secondary N) is 2. The van der Waals surface area contributed by atoms with Crippen LogP contribution in [-0.2, 0) is 22.7 Å². The number of fused-ring (bicyclic) bond motifs is 4. The van der Waals surface area contributed by atoms with Crippen LogP contribution in [0.2, 0.25) is 5.02 Å². The van der Waals surface area contributed by atoms with Crippen molar-refractivity contribution >= 4 is 51.1 Å². The van der Waals surface area contributed by atoms with Gasteiger partial charge in [-0.2, -0.15) is 5.10 Å². The lowest BCUT2D eigenvalue weighted by Gasteiger charge is -2.34. The molecule has 4 N–H and O–H groups in total. The van der Waals surface area contributed by atoms with Gasteiger partial charge < -0.3 is 20.9 Å². The van der Waals surface area contributed by atoms with Crippen molar-refractivity contribution in [3.05, 3.63) is 64.7 Å². The largest absolute Gasteiger partial charge is 0.364 e. The molecule has 4 aromatic rings. The molecule has 2 aromatic heterocycles. The minimum atomic E-state index is -0.675. The summed E-state index contributed by atoms with van der Waals surface area (Å²) in [5.74, 6) is -1.67. The van der Waals surface area contributed by atoms with E-state index in [1.54, 1.807) is 41.4 Å². The first-order valence-corrected chi connectivity index (χ1v) is 12.5. The van der Waals surface area contributed by atoms with Crippen molar-refractivity contribution in [1.29, 1.82) is 0 Å². The molecule has 1 aliphatic carbocycles. The number of likely N-dealkylation sites (tertiary alicyclic amines) is 1. The van der Waals surface area contributed by atoms with Crippen LogP contribution in [0.5, 0.6) is 0 Å². The number of benzene rings is 2. The molecule has 190 valence electrons. The van der Waals surface area contributed by atoms with Crippen LogP contribution in [0.1, 0.15) is 35.3 Å². The first-order valence-electron chi connectivity index (χ1n) is 12.1. The third-order valence-corrected chi connectivity index (χ3v) is 7.88. The van der Waals surface area contributed by atoms with E-state index < -0.39 is 17.8 Å². The summed E-state index contributed by atoms with van der Waals surface area (Å²) in [7, 11) is 0. The number of para-hydroxylation sites is 1. The number of hydrogen-bond acceptors (Lipinski definition) is 4. The van der Waals surface area contributed by atoms with E-state index in [-0.39, 0.29) is 42.6 Å². The number of carbonyl (C=O) groups is 3. The molecule has 2 aromatic carbocycles. The van der Waals surface area contributed by atoms with Gasteiger partial charge in [0.2, 0.25) is 11.8 Å². The Kier molecular flexibility index (Phi) is 5.63. The lowest BCUT2D eigenvalue weighted by Crippen LogP contribution is -2.53. The highest BCUT2D eigenvalue weighted by molar-refractivity contribution is 6.35. The molecule has 0 radical (unpaired) electrons. The molecule has 2 fully saturated rings. The summed E-state index contributed by atoms with van der Waals surface area (Å²) >= 11 is 6.16. The van der Waals surface area contributed by atoms with Crippen LogP contribution in [0, 0.1) is 11.7 Å². The van der Waals surface area contributed by atoms with E-state index in [4.69, 9.17) is 17.3 Å². The average Bonchev–Trinajstić information content (AvgIpc) is 3.66. The van der Waals surface area contributed by atoms with E-state index >= 15 is 0 Å². The Balaban J connectivity index is 1.22. The summed E-state index contributed by atoms with van der Waals surface area (Å²) in [4.78, 5) is 43.3. The molecule has 2 unspecified atom stereocenters. The molecule has 0 spiro atoms. The molecule has 9 nitrogen and oxygen atoms in total. The number of rotatable bonds is 6. The smallest absolute Gasteiger partial charge is 0.269 e. The number of hydrogen-bond donors (Lipinski definition) is 3. The predicted octanol–water partition coefficient (Wildman–Crippen LogP) is 3.10. The number of primary amides is 1. The fraction of sp³-hybridized carbons (Fsp3) is 0.308. The van der Waals surface area contributed by atoms with Crippen molar-refractivity contribution in [2.45, 2.75) is 44.4 Å². The van der Waals surface area contributed by atoms with E-state index in [1.165, 1.54) is 10.7 Å². The van der Waals surface area contributed by atoms with Crippen LogP contribution in [0.25, 0.3) is 21.8 Å². The summed E-state index contributed by atoms with van der Waals surface area (Å²) < 4.78 is 16.1. The number of piperidine rings is 1. The summed E-state index contributed by atoms with van der Waals surface area (Å²) in [6, 6.07) is 9.34. The van der Waals surface area contributed by atoms with Crippen LogP contribution in [0.15, 0.2) is 42.6 Å². The lowest BCUT2D eigenvalue weighted by molar-refractivity contribution is -0.143. The Morgan fingerprint density at radius 2 is 2.00 bits per heavy atom. The van der Waals surface area contributed by atoms with Gasteiger partial charge >= 0.3 is 0 Å². The zero-order valence-electron chi connectivity index (χ0n) is 19.7. The Morgan fingerprint density at radius 3 is 2.81 bits per heavy atom. The first kappa shape index (κ1) is 23.5. The van der Waals surface area contributed by atoms with Crippen molar-refractivity contribution in [2.75, 3.05) is 0 Å². The maximum absolute atomic E-state index is 14.6. The van der Waals surface area contributed by atoms with Gasteiger partial charge in [0.1, 0.15) is 18.4 Å². The topological polar surface area (TPSA) is 126 Å². The first-order chi connectivity index (χ1) is 17.8. The number of H-pyrrole nitrogens is 1. The van der Waals surface area contributed by atoms with Crippen LogP contribution >= 0.6 is 11.6 Å². The van der Waals surface area contributed by atoms with Gasteiger partial charge in [0.15, 0.2) is 5.69 Å². The average molecular weight is 523 g/mol. The van der Waals surface area contributed by atoms with Gasteiger partial charge in [-0.15, -0.1) is 0 Å². The standard InChI is InChI=1S/C26H24ClFN6O3/c27-18-11-30-20-9-19(28)14(8-17(18)20)10-31-26(37)24-13-5-6-15(7-13)34(24)22(35)12-33-21-4-2-1-3-16(21)23(32-33)25(29)36/h1-4,8-9,11,13,15,24,30H,5-7,10,12H2,(H2,29,36)(H,31,37)/t13-,15?,24?/m0/s1. The van der Waals surface area contributed by atoms with Crippen LogP contribution in [0.3, 0.4) is 0 Å². The molecule has 37 heavy (non-hydrogen) atoms. The molecular formula is C26H24ClFN6O3. The second-order valence-electron chi connectivity index (χ2n) is 9.70. The minimum absolute atomic E-state index is 0.0240. The van der Waals surface area contributed by atoms with Crippen LogP contribution in [-0.4, -0.2) is 49.5 Å². The van der Waals surface area contributed by atoms with E-state index in [9.17, 15) is 18.8 Å². The van der Waals surface area contributed by atoms with Crippen molar-refractivity contribution in [1.82, 2.24) is 25.0 Å². The fourth-order valence-corrected chi connectivity index (χ4v) is 6.11. The number of nitrogens with zero attached hydrogens (tertiary/aromatic N) is 3. The Labute approximate surface area is 215 Å². The van der Waals surface area contributed by atoms with Crippen LogP contribution < -0.4 is 11.1 Å². The fourth-order valence-electron chi connectivity index (χ4n) is 5.90. The Morgan fingerprint density at radius 1 is 1.19 bits per heavy atom. The number of aromatic amines is 1. The zero-order valence-corrected chi connectivity index (χ0v) is 20.5. The Bertz CT molecular complexity index is 1580. The van der Waals surface area contributed by atoms with Crippen molar-refractivity contribution in [3.63, 3.8) is 0 Å². The van der Waals surface area contributed by atoms with Gasteiger partial charge in [0.05, 0.1) is 10.5 Å². The summed E-state index contributed by atoms with van der Waals surface area (Å²) in [5, 5.41) is 8.83. The number of amides is 3. The van der Waals surface area contributed by atoms with E-state index in [0.717, 1.165) is 19.3 Å². The SMILES string of the molecule is NC(=O)c1nn(CC(=O)N2C3CC[C@@H](C3)C2C(=O)NCc2cc3c(Cl)c[nH]c3cc2F)c2ccccc12. The molecule has 1 aliphatic heterocycles. The van der Waals surface area contributed by atoms with Gasteiger partial charge in [-0.3, -0.25) is 19.1 Å². The molecular weight excluding hydrogens is 499 g/mol. The third-order valence-electron chi connectivity index (χ3n) is 7.57. The summed E-state index contributed by atoms with van der Waals surface area (Å²) in [5.41, 5.74) is 7.08. The monoisotopic (exact) mass is 522 g/mol. The number of halogens is 2. The molecule has 3 heterocycles. The van der Waals surface area contributed by atoms with Gasteiger partial charge in [-0.05, 0) is 43.4 Å². The van der Waals surface area contributed by atoms with Crippen molar-refractivity contribution in [2.24, 2.45) is 11.7 Å².